The molecule has 2 amide bonds. The van der Waals surface area contributed by atoms with Crippen LogP contribution in [0.5, 0.6) is 0 Å². The van der Waals surface area contributed by atoms with Crippen LogP contribution in [0, 0.1) is 13.8 Å². The van der Waals surface area contributed by atoms with E-state index in [4.69, 9.17) is 0 Å². The number of carbonyl (C=O) groups excluding carboxylic acids is 1. The number of benzene rings is 1. The molecule has 8 heteroatoms. The number of anilines is 4. The van der Waals surface area contributed by atoms with Gasteiger partial charge in [-0.3, -0.25) is 5.32 Å². The SMILES string of the molecule is Cc1ccc(NC(=O)Nc2nc(N3CCNCC3)c(C)s2)c(N2CCCCC2)c1. The highest BCUT2D eigenvalue weighted by atomic mass is 32.1. The maximum atomic E-state index is 12.7. The zero-order valence-corrected chi connectivity index (χ0v) is 18.1. The number of carbonyl (C=O) groups is 1. The largest absolute Gasteiger partial charge is 0.370 e. The zero-order chi connectivity index (χ0) is 20.2. The van der Waals surface area contributed by atoms with E-state index in [1.165, 1.54) is 36.2 Å². The summed E-state index contributed by atoms with van der Waals surface area (Å²) in [6, 6.07) is 5.96. The van der Waals surface area contributed by atoms with Crippen molar-refractivity contribution in [3.8, 4) is 0 Å². The lowest BCUT2D eigenvalue weighted by Gasteiger charge is -2.30. The Hall–Kier alpha value is -2.32. The summed E-state index contributed by atoms with van der Waals surface area (Å²) in [6.07, 6.45) is 3.68. The summed E-state index contributed by atoms with van der Waals surface area (Å²) in [5.41, 5.74) is 3.16. The average molecular weight is 415 g/mol. The molecular weight excluding hydrogens is 384 g/mol. The van der Waals surface area contributed by atoms with Gasteiger partial charge in [-0.15, -0.1) is 0 Å². The van der Waals surface area contributed by atoms with Gasteiger partial charge >= 0.3 is 6.03 Å². The van der Waals surface area contributed by atoms with E-state index in [2.05, 4.69) is 50.6 Å². The van der Waals surface area contributed by atoms with Crippen LogP contribution in [0.15, 0.2) is 18.2 Å². The molecule has 0 unspecified atom stereocenters. The third-order valence-electron chi connectivity index (χ3n) is 5.51. The van der Waals surface area contributed by atoms with Gasteiger partial charge in [-0.05, 0) is 50.8 Å². The Kier molecular flexibility index (Phi) is 6.20. The minimum absolute atomic E-state index is 0.243. The number of amides is 2. The smallest absolute Gasteiger partial charge is 0.325 e. The quantitative estimate of drug-likeness (QED) is 0.710. The van der Waals surface area contributed by atoms with E-state index < -0.39 is 0 Å². The molecule has 2 aliphatic rings. The molecule has 3 N–H and O–H groups in total. The van der Waals surface area contributed by atoms with Crippen LogP contribution in [0.25, 0.3) is 0 Å². The van der Waals surface area contributed by atoms with Gasteiger partial charge in [0.2, 0.25) is 0 Å². The molecule has 4 rings (SSSR count). The third kappa shape index (κ3) is 4.82. The average Bonchev–Trinajstić information content (AvgIpc) is 3.10. The summed E-state index contributed by atoms with van der Waals surface area (Å²) >= 11 is 1.53. The predicted molar refractivity (Wildman–Crippen MR) is 122 cm³/mol. The Morgan fingerprint density at radius 3 is 2.55 bits per heavy atom. The fourth-order valence-electron chi connectivity index (χ4n) is 4.01. The number of piperidine rings is 1. The molecule has 2 fully saturated rings. The number of hydrogen-bond acceptors (Lipinski definition) is 6. The van der Waals surface area contributed by atoms with Gasteiger partial charge in [0.25, 0.3) is 0 Å². The summed E-state index contributed by atoms with van der Waals surface area (Å²) < 4.78 is 0. The molecule has 0 aliphatic carbocycles. The van der Waals surface area contributed by atoms with Crippen molar-refractivity contribution in [3.63, 3.8) is 0 Å². The molecule has 7 nitrogen and oxygen atoms in total. The Morgan fingerprint density at radius 2 is 1.79 bits per heavy atom. The lowest BCUT2D eigenvalue weighted by Crippen LogP contribution is -2.43. The van der Waals surface area contributed by atoms with E-state index in [0.717, 1.165) is 61.3 Å². The van der Waals surface area contributed by atoms with Crippen LogP contribution in [0.3, 0.4) is 0 Å². The number of aryl methyl sites for hydroxylation is 2. The number of nitrogens with one attached hydrogen (secondary N) is 3. The topological polar surface area (TPSA) is 72.5 Å². The number of hydrogen-bond donors (Lipinski definition) is 3. The van der Waals surface area contributed by atoms with Crippen molar-refractivity contribution in [1.29, 1.82) is 0 Å². The van der Waals surface area contributed by atoms with E-state index >= 15 is 0 Å². The van der Waals surface area contributed by atoms with Crippen molar-refractivity contribution in [1.82, 2.24) is 10.3 Å². The van der Waals surface area contributed by atoms with Crippen LogP contribution in [0.1, 0.15) is 29.7 Å². The van der Waals surface area contributed by atoms with E-state index in [9.17, 15) is 4.79 Å². The van der Waals surface area contributed by atoms with Gasteiger partial charge in [0.05, 0.1) is 11.4 Å². The van der Waals surface area contributed by atoms with E-state index in [-0.39, 0.29) is 6.03 Å². The first kappa shape index (κ1) is 20.0. The van der Waals surface area contributed by atoms with Crippen LogP contribution in [0.4, 0.5) is 27.1 Å². The molecule has 1 aromatic heterocycles. The second kappa shape index (κ2) is 9.00. The number of urea groups is 1. The minimum Gasteiger partial charge on any atom is -0.370 e. The molecule has 0 saturated carbocycles. The zero-order valence-electron chi connectivity index (χ0n) is 17.3. The highest BCUT2D eigenvalue weighted by Gasteiger charge is 2.19. The third-order valence-corrected chi connectivity index (χ3v) is 6.38. The highest BCUT2D eigenvalue weighted by molar-refractivity contribution is 7.16. The molecule has 2 aromatic rings. The maximum Gasteiger partial charge on any atom is 0.325 e. The molecule has 2 saturated heterocycles. The molecule has 0 radical (unpaired) electrons. The first-order chi connectivity index (χ1) is 14.1. The van der Waals surface area contributed by atoms with Crippen LogP contribution in [-0.2, 0) is 0 Å². The van der Waals surface area contributed by atoms with Crippen molar-refractivity contribution < 1.29 is 4.79 Å². The molecule has 0 atom stereocenters. The Morgan fingerprint density at radius 1 is 1.03 bits per heavy atom. The molecular formula is C21H30N6OS. The van der Waals surface area contributed by atoms with Crippen molar-refractivity contribution >= 4 is 39.7 Å². The predicted octanol–water partition coefficient (Wildman–Crippen LogP) is 3.80. The summed E-state index contributed by atoms with van der Waals surface area (Å²) in [7, 11) is 0. The summed E-state index contributed by atoms with van der Waals surface area (Å²) in [5, 5.41) is 9.97. The van der Waals surface area contributed by atoms with Crippen molar-refractivity contribution in [2.75, 3.05) is 59.7 Å². The highest BCUT2D eigenvalue weighted by Crippen LogP contribution is 2.31. The van der Waals surface area contributed by atoms with Gasteiger partial charge < -0.3 is 20.4 Å². The van der Waals surface area contributed by atoms with Crippen molar-refractivity contribution in [2.45, 2.75) is 33.1 Å². The first-order valence-corrected chi connectivity index (χ1v) is 11.3. The first-order valence-electron chi connectivity index (χ1n) is 10.5. The molecule has 156 valence electrons. The van der Waals surface area contributed by atoms with Crippen LogP contribution >= 0.6 is 11.3 Å². The van der Waals surface area contributed by atoms with Crippen molar-refractivity contribution in [3.05, 3.63) is 28.6 Å². The number of piperazine rings is 1. The fourth-order valence-corrected chi connectivity index (χ4v) is 4.84. The van der Waals surface area contributed by atoms with E-state index in [0.29, 0.717) is 5.13 Å². The lowest BCUT2D eigenvalue weighted by molar-refractivity contribution is 0.262. The van der Waals surface area contributed by atoms with Gasteiger partial charge in [-0.1, -0.05) is 17.4 Å². The number of aromatic nitrogens is 1. The van der Waals surface area contributed by atoms with Crippen LogP contribution < -0.4 is 25.8 Å². The minimum atomic E-state index is -0.243. The van der Waals surface area contributed by atoms with E-state index in [1.54, 1.807) is 0 Å². The van der Waals surface area contributed by atoms with Gasteiger partial charge in [0.15, 0.2) is 5.13 Å². The summed E-state index contributed by atoms with van der Waals surface area (Å²) in [4.78, 5) is 23.2. The van der Waals surface area contributed by atoms with Gasteiger partial charge in [0.1, 0.15) is 5.82 Å². The Balaban J connectivity index is 1.45. The molecule has 0 bridgehead atoms. The maximum absolute atomic E-state index is 12.7. The number of rotatable bonds is 4. The number of nitrogens with zero attached hydrogens (tertiary/aromatic N) is 3. The second-order valence-corrected chi connectivity index (χ2v) is 8.99. The normalized spacial score (nSPS) is 17.3. The Labute approximate surface area is 176 Å². The van der Waals surface area contributed by atoms with Crippen molar-refractivity contribution in [2.24, 2.45) is 0 Å². The van der Waals surface area contributed by atoms with Crippen LogP contribution in [-0.4, -0.2) is 50.3 Å². The Bertz CT molecular complexity index is 855. The summed E-state index contributed by atoms with van der Waals surface area (Å²) in [6.45, 7) is 10.1. The molecule has 2 aliphatic heterocycles. The van der Waals surface area contributed by atoms with Gasteiger partial charge in [0, 0.05) is 44.1 Å². The molecule has 1 aromatic carbocycles. The summed E-state index contributed by atoms with van der Waals surface area (Å²) in [5.74, 6) is 0.983. The molecule has 0 spiro atoms. The monoisotopic (exact) mass is 414 g/mol. The molecule has 29 heavy (non-hydrogen) atoms. The van der Waals surface area contributed by atoms with Gasteiger partial charge in [-0.25, -0.2) is 9.78 Å². The standard InChI is InChI=1S/C21H30N6OS/c1-15-6-7-17(18(14-15)26-10-4-3-5-11-26)23-20(28)25-21-24-19(16(2)29-21)27-12-8-22-9-13-27/h6-7,14,22H,3-5,8-13H2,1-2H3,(H2,23,24,25,28). The molecule has 3 heterocycles. The van der Waals surface area contributed by atoms with Gasteiger partial charge in [-0.2, -0.15) is 0 Å². The number of thiazole rings is 1. The van der Waals surface area contributed by atoms with Crippen LogP contribution in [0.2, 0.25) is 0 Å². The lowest BCUT2D eigenvalue weighted by atomic mass is 10.1. The van der Waals surface area contributed by atoms with E-state index in [1.807, 2.05) is 12.1 Å². The fraction of sp³-hybridized carbons (Fsp3) is 0.524. The second-order valence-electron chi connectivity index (χ2n) is 7.78.